The van der Waals surface area contributed by atoms with Gasteiger partial charge in [0.25, 0.3) is 0 Å². The highest BCUT2D eigenvalue weighted by molar-refractivity contribution is 6.00. The summed E-state index contributed by atoms with van der Waals surface area (Å²) in [6.07, 6.45) is 3.12. The van der Waals surface area contributed by atoms with Crippen LogP contribution in [0.1, 0.15) is 49.9 Å². The number of Topliss-reactive ketones (excluding diaryl/α,β-unsaturated/α-hetero) is 1. The molecule has 2 rings (SSSR count). The van der Waals surface area contributed by atoms with E-state index in [1.165, 1.54) is 0 Å². The molecule has 5 heteroatoms. The lowest BCUT2D eigenvalue weighted by Gasteiger charge is -2.34. The van der Waals surface area contributed by atoms with Crippen molar-refractivity contribution in [1.29, 1.82) is 0 Å². The van der Waals surface area contributed by atoms with Crippen LogP contribution < -0.4 is 0 Å². The van der Waals surface area contributed by atoms with Crippen LogP contribution in [0.15, 0.2) is 30.3 Å². The van der Waals surface area contributed by atoms with Crippen LogP contribution in [0.2, 0.25) is 0 Å². The Bertz CT molecular complexity index is 577. The van der Waals surface area contributed by atoms with E-state index in [1.54, 1.807) is 26.0 Å². The van der Waals surface area contributed by atoms with E-state index in [4.69, 9.17) is 9.47 Å². The smallest absolute Gasteiger partial charge is 0.320 e. The lowest BCUT2D eigenvalue weighted by atomic mass is 9.69. The van der Waals surface area contributed by atoms with Gasteiger partial charge >= 0.3 is 11.9 Å². The van der Waals surface area contributed by atoms with Gasteiger partial charge in [-0.25, -0.2) is 0 Å². The highest BCUT2D eigenvalue weighted by Crippen LogP contribution is 2.38. The van der Waals surface area contributed by atoms with E-state index in [9.17, 15) is 14.4 Å². The molecule has 1 fully saturated rings. The number of carbonyl (C=O) groups excluding carboxylic acids is 3. The van der Waals surface area contributed by atoms with Crippen molar-refractivity contribution in [3.05, 3.63) is 35.9 Å². The van der Waals surface area contributed by atoms with Crippen LogP contribution in [0.5, 0.6) is 0 Å². The number of hydrogen-bond acceptors (Lipinski definition) is 5. The fourth-order valence-electron chi connectivity index (χ4n) is 3.61. The first-order valence-electron chi connectivity index (χ1n) is 9.02. The summed E-state index contributed by atoms with van der Waals surface area (Å²) >= 11 is 0. The Labute approximate surface area is 148 Å². The topological polar surface area (TPSA) is 69.7 Å². The van der Waals surface area contributed by atoms with E-state index in [1.807, 2.05) is 18.2 Å². The minimum atomic E-state index is -1.03. The molecule has 2 atom stereocenters. The van der Waals surface area contributed by atoms with Crippen molar-refractivity contribution in [3.8, 4) is 0 Å². The van der Waals surface area contributed by atoms with Crippen molar-refractivity contribution in [1.82, 2.24) is 0 Å². The summed E-state index contributed by atoms with van der Waals surface area (Å²) in [4.78, 5) is 37.8. The molecule has 136 valence electrons. The Hall–Kier alpha value is -2.17. The lowest BCUT2D eigenvalue weighted by Crippen LogP contribution is -2.41. The first-order chi connectivity index (χ1) is 12.1. The maximum Gasteiger partial charge on any atom is 0.320 e. The summed E-state index contributed by atoms with van der Waals surface area (Å²) < 4.78 is 10.2. The number of carbonyl (C=O) groups is 3. The lowest BCUT2D eigenvalue weighted by molar-refractivity contribution is -0.165. The van der Waals surface area contributed by atoms with Crippen LogP contribution in [-0.4, -0.2) is 30.9 Å². The number of hydrogen-bond donors (Lipinski definition) is 0. The highest BCUT2D eigenvalue weighted by atomic mass is 16.6. The zero-order valence-electron chi connectivity index (χ0n) is 14.9. The van der Waals surface area contributed by atoms with Crippen LogP contribution in [0.3, 0.4) is 0 Å². The fourth-order valence-corrected chi connectivity index (χ4v) is 3.61. The van der Waals surface area contributed by atoms with Gasteiger partial charge in [0.1, 0.15) is 0 Å². The predicted octanol–water partition coefficient (Wildman–Crippen LogP) is 3.42. The summed E-state index contributed by atoms with van der Waals surface area (Å²) in [6, 6.07) is 9.04. The largest absolute Gasteiger partial charge is 0.465 e. The van der Waals surface area contributed by atoms with Gasteiger partial charge in [-0.15, -0.1) is 0 Å². The molecule has 1 aromatic carbocycles. The Morgan fingerprint density at radius 3 is 2.08 bits per heavy atom. The third kappa shape index (κ3) is 4.68. The van der Waals surface area contributed by atoms with Crippen LogP contribution in [0, 0.1) is 17.8 Å². The van der Waals surface area contributed by atoms with Crippen molar-refractivity contribution >= 4 is 17.7 Å². The summed E-state index contributed by atoms with van der Waals surface area (Å²) in [5.74, 6) is -2.95. The van der Waals surface area contributed by atoms with Gasteiger partial charge in [-0.3, -0.25) is 14.4 Å². The predicted molar refractivity (Wildman–Crippen MR) is 93.0 cm³/mol. The Morgan fingerprint density at radius 2 is 1.52 bits per heavy atom. The van der Waals surface area contributed by atoms with E-state index in [2.05, 4.69) is 0 Å². The Kier molecular flexibility index (Phi) is 7.16. The Balaban J connectivity index is 2.30. The zero-order valence-corrected chi connectivity index (χ0v) is 14.9. The molecule has 0 unspecified atom stereocenters. The minimum absolute atomic E-state index is 0.0103. The van der Waals surface area contributed by atoms with Gasteiger partial charge < -0.3 is 9.47 Å². The average Bonchev–Trinajstić information content (AvgIpc) is 2.63. The summed E-state index contributed by atoms with van der Waals surface area (Å²) in [6.45, 7) is 3.79. The molecule has 0 bridgehead atoms. The molecule has 0 spiro atoms. The third-order valence-corrected chi connectivity index (χ3v) is 4.72. The summed E-state index contributed by atoms with van der Waals surface area (Å²) in [5.41, 5.74) is 0.617. The van der Waals surface area contributed by atoms with Crippen molar-refractivity contribution < 1.29 is 23.9 Å². The fraction of sp³-hybridized carbons (Fsp3) is 0.550. The van der Waals surface area contributed by atoms with Crippen LogP contribution >= 0.6 is 0 Å². The summed E-state index contributed by atoms with van der Waals surface area (Å²) in [7, 11) is 0. The first kappa shape index (κ1) is 19.2. The van der Waals surface area contributed by atoms with Crippen molar-refractivity contribution in [3.63, 3.8) is 0 Å². The second-order valence-electron chi connectivity index (χ2n) is 6.27. The van der Waals surface area contributed by atoms with Gasteiger partial charge in [-0.2, -0.15) is 0 Å². The van der Waals surface area contributed by atoms with Crippen molar-refractivity contribution in [2.24, 2.45) is 17.8 Å². The van der Waals surface area contributed by atoms with Crippen molar-refractivity contribution in [2.75, 3.05) is 13.2 Å². The third-order valence-electron chi connectivity index (χ3n) is 4.72. The molecule has 1 aliphatic rings. The van der Waals surface area contributed by atoms with Crippen LogP contribution in [-0.2, 0) is 19.1 Å². The molecule has 0 heterocycles. The monoisotopic (exact) mass is 346 g/mol. The molecule has 0 N–H and O–H groups in total. The van der Waals surface area contributed by atoms with Crippen LogP contribution in [0.4, 0.5) is 0 Å². The second-order valence-corrected chi connectivity index (χ2v) is 6.27. The number of benzene rings is 1. The molecule has 0 aromatic heterocycles. The molecule has 0 amide bonds. The normalized spacial score (nSPS) is 20.1. The minimum Gasteiger partial charge on any atom is -0.465 e. The second kappa shape index (κ2) is 9.35. The van der Waals surface area contributed by atoms with Gasteiger partial charge in [0.05, 0.1) is 13.2 Å². The molecule has 1 saturated carbocycles. The first-order valence-corrected chi connectivity index (χ1v) is 9.02. The quantitative estimate of drug-likeness (QED) is 0.430. The Morgan fingerprint density at radius 1 is 0.960 bits per heavy atom. The van der Waals surface area contributed by atoms with Gasteiger partial charge in [0.15, 0.2) is 11.7 Å². The molecule has 5 nitrogen and oxygen atoms in total. The molecule has 0 saturated heterocycles. The average molecular weight is 346 g/mol. The molecular weight excluding hydrogens is 320 g/mol. The number of esters is 2. The van der Waals surface area contributed by atoms with Gasteiger partial charge in [0, 0.05) is 11.5 Å². The van der Waals surface area contributed by atoms with Gasteiger partial charge in [0.2, 0.25) is 0 Å². The number of ether oxygens (including phenoxy) is 2. The van der Waals surface area contributed by atoms with E-state index >= 15 is 0 Å². The molecule has 1 aromatic rings. The summed E-state index contributed by atoms with van der Waals surface area (Å²) in [5, 5.41) is 0. The van der Waals surface area contributed by atoms with E-state index < -0.39 is 17.9 Å². The molecule has 1 aliphatic carbocycles. The molecule has 25 heavy (non-hydrogen) atoms. The highest BCUT2D eigenvalue weighted by Gasteiger charge is 2.44. The number of ketones is 1. The van der Waals surface area contributed by atoms with E-state index in [0.717, 1.165) is 12.8 Å². The zero-order chi connectivity index (χ0) is 18.2. The molecule has 0 aliphatic heterocycles. The maximum absolute atomic E-state index is 13.0. The van der Waals surface area contributed by atoms with Gasteiger partial charge in [-0.05, 0) is 32.6 Å². The molecule has 0 radical (unpaired) electrons. The SMILES string of the molecule is CCOC(=O)C(C(=O)OCC)[C@@H]1CCCC[C@H]1C(=O)c1ccccc1. The maximum atomic E-state index is 13.0. The standard InChI is InChI=1S/C20H26O5/c1-3-24-19(22)17(20(23)25-4-2)15-12-8-9-13-16(15)18(21)14-10-6-5-7-11-14/h5-7,10-11,15-17H,3-4,8-9,12-13H2,1-2H3/t15-,16-/m1/s1. The van der Waals surface area contributed by atoms with Crippen molar-refractivity contribution in [2.45, 2.75) is 39.5 Å². The van der Waals surface area contributed by atoms with E-state index in [0.29, 0.717) is 18.4 Å². The van der Waals surface area contributed by atoms with Gasteiger partial charge in [-0.1, -0.05) is 43.2 Å². The number of rotatable bonds is 7. The molecular formula is C20H26O5. The van der Waals surface area contributed by atoms with Crippen LogP contribution in [0.25, 0.3) is 0 Å². The van der Waals surface area contributed by atoms with E-state index in [-0.39, 0.29) is 30.8 Å².